The van der Waals surface area contributed by atoms with Crippen LogP contribution in [-0.4, -0.2) is 89.2 Å². The second-order valence-electron chi connectivity index (χ2n) is 20.3. The van der Waals surface area contributed by atoms with Crippen LogP contribution in [0.2, 0.25) is 0 Å². The predicted octanol–water partition coefficient (Wildman–Crippen LogP) is 15.0. The number of ether oxygens (including phenoxy) is 5. The highest BCUT2D eigenvalue weighted by Gasteiger charge is 2.50. The molecule has 3 N–H and O–H groups in total. The van der Waals surface area contributed by atoms with Crippen LogP contribution in [0.3, 0.4) is 0 Å². The maximum atomic E-state index is 13.1. The summed E-state index contributed by atoms with van der Waals surface area (Å²) in [7, 11) is 0. The molecule has 1 fully saturated rings. The van der Waals surface area contributed by atoms with Gasteiger partial charge in [0.25, 0.3) is 0 Å². The fourth-order valence-corrected chi connectivity index (χ4v) is 8.85. The van der Waals surface area contributed by atoms with E-state index in [-0.39, 0.29) is 25.9 Å². The van der Waals surface area contributed by atoms with Gasteiger partial charge in [0.1, 0.15) is 18.8 Å². The number of allylic oxidation sites excluding steroid dienone is 8. The molecule has 0 spiro atoms. The Labute approximate surface area is 443 Å². The third kappa shape index (κ3) is 39.7. The van der Waals surface area contributed by atoms with Gasteiger partial charge < -0.3 is 39.0 Å². The Morgan fingerprint density at radius 1 is 0.466 bits per heavy atom. The van der Waals surface area contributed by atoms with Crippen molar-refractivity contribution >= 4 is 23.9 Å². The molecule has 12 nitrogen and oxygen atoms in total. The van der Waals surface area contributed by atoms with Crippen LogP contribution in [-0.2, 0) is 42.9 Å². The molecule has 73 heavy (non-hydrogen) atoms. The lowest BCUT2D eigenvalue weighted by molar-refractivity contribution is -0.301. The minimum absolute atomic E-state index is 0.0617. The lowest BCUT2D eigenvalue weighted by Gasteiger charge is -2.40. The number of hydrogen-bond donors (Lipinski definition) is 3. The van der Waals surface area contributed by atoms with Crippen LogP contribution in [0.5, 0.6) is 0 Å². The topological polar surface area (TPSA) is 175 Å². The number of rotatable bonds is 50. The first-order valence-electron chi connectivity index (χ1n) is 29.6. The molecule has 0 aliphatic carbocycles. The van der Waals surface area contributed by atoms with E-state index in [1.807, 2.05) is 0 Å². The molecule has 6 atom stereocenters. The number of aliphatic carboxylic acids is 1. The van der Waals surface area contributed by atoms with Crippen LogP contribution in [0.4, 0.5) is 0 Å². The van der Waals surface area contributed by atoms with Crippen molar-refractivity contribution in [2.24, 2.45) is 0 Å². The summed E-state index contributed by atoms with van der Waals surface area (Å²) in [5.41, 5.74) is 0. The Bertz CT molecular complexity index is 1460. The number of carbonyl (C=O) groups excluding carboxylic acids is 3. The number of aliphatic hydroxyl groups excluding tert-OH is 2. The van der Waals surface area contributed by atoms with Crippen molar-refractivity contribution in [2.75, 3.05) is 13.2 Å². The van der Waals surface area contributed by atoms with Gasteiger partial charge >= 0.3 is 23.9 Å². The fraction of sp³-hybridized carbons (Fsp3) is 0.803. The molecular formula is C61H106O12. The number of esters is 3. The van der Waals surface area contributed by atoms with Gasteiger partial charge in [0.2, 0.25) is 0 Å². The van der Waals surface area contributed by atoms with E-state index in [9.17, 15) is 34.5 Å². The Morgan fingerprint density at radius 2 is 0.863 bits per heavy atom. The van der Waals surface area contributed by atoms with Crippen molar-refractivity contribution in [2.45, 2.75) is 302 Å². The number of carboxylic acid groups (broad SMARTS) is 1. The van der Waals surface area contributed by atoms with Crippen LogP contribution in [0.1, 0.15) is 265 Å². The minimum atomic E-state index is -1.90. The minimum Gasteiger partial charge on any atom is -0.479 e. The van der Waals surface area contributed by atoms with Gasteiger partial charge in [-0.25, -0.2) is 4.79 Å². The summed E-state index contributed by atoms with van der Waals surface area (Å²) in [6, 6.07) is 0. The lowest BCUT2D eigenvalue weighted by atomic mass is 9.98. The van der Waals surface area contributed by atoms with Gasteiger partial charge in [0.05, 0.1) is 6.61 Å². The van der Waals surface area contributed by atoms with Crippen LogP contribution in [0.15, 0.2) is 48.6 Å². The summed E-state index contributed by atoms with van der Waals surface area (Å²) in [5, 5.41) is 31.4. The first-order chi connectivity index (χ1) is 35.6. The maximum absolute atomic E-state index is 13.1. The summed E-state index contributed by atoms with van der Waals surface area (Å²) in [6.45, 7) is 5.86. The standard InChI is InChI=1S/C61H106O12/c1-4-7-10-13-16-19-22-24-26-27-29-30-33-35-38-41-44-47-53(62)69-50-52(71-54(63)48-45-42-39-37-34-31-28-25-23-20-17-14-11-8-5-2)51-70-61-59(57(66)56(65)58(73-61)60(67)68)72-55(64)49-46-43-40-36-32-21-18-15-12-9-6-3/h7,10,16,19,24-26,28,52,56-59,61,65-66H,4-6,8-9,11-15,17-18,20-23,27,29-51H2,1-3H3,(H,67,68)/b10-7-,19-16-,26-24-,28-25-. The number of aliphatic hydroxyl groups is 2. The normalized spacial score (nSPS) is 18.6. The summed E-state index contributed by atoms with van der Waals surface area (Å²) in [5.74, 6) is -3.13. The second-order valence-corrected chi connectivity index (χ2v) is 20.3. The number of unbranched alkanes of at least 4 members (excludes halogenated alkanes) is 28. The molecule has 1 aliphatic heterocycles. The molecule has 0 radical (unpaired) electrons. The summed E-state index contributed by atoms with van der Waals surface area (Å²) >= 11 is 0. The number of carbonyl (C=O) groups is 4. The maximum Gasteiger partial charge on any atom is 0.335 e. The van der Waals surface area contributed by atoms with Crippen LogP contribution in [0, 0.1) is 0 Å². The monoisotopic (exact) mass is 1030 g/mol. The highest BCUT2D eigenvalue weighted by molar-refractivity contribution is 5.74. The Morgan fingerprint density at radius 3 is 1.33 bits per heavy atom. The van der Waals surface area contributed by atoms with Gasteiger partial charge in [0.15, 0.2) is 24.6 Å². The van der Waals surface area contributed by atoms with Crippen LogP contribution < -0.4 is 0 Å². The third-order valence-electron chi connectivity index (χ3n) is 13.4. The number of hydrogen-bond acceptors (Lipinski definition) is 11. The van der Waals surface area contributed by atoms with Crippen molar-refractivity contribution in [1.82, 2.24) is 0 Å². The molecule has 1 saturated heterocycles. The van der Waals surface area contributed by atoms with Gasteiger partial charge in [-0.3, -0.25) is 14.4 Å². The fourth-order valence-electron chi connectivity index (χ4n) is 8.85. The van der Waals surface area contributed by atoms with E-state index in [0.717, 1.165) is 116 Å². The summed E-state index contributed by atoms with van der Waals surface area (Å²) in [6.07, 6.45) is 46.5. The first-order valence-corrected chi connectivity index (χ1v) is 29.6. The average Bonchev–Trinajstić information content (AvgIpc) is 3.37. The quantitative estimate of drug-likeness (QED) is 0.0228. The zero-order valence-corrected chi connectivity index (χ0v) is 46.4. The predicted molar refractivity (Wildman–Crippen MR) is 294 cm³/mol. The van der Waals surface area contributed by atoms with E-state index < -0.39 is 67.3 Å². The van der Waals surface area contributed by atoms with Crippen molar-refractivity contribution in [3.8, 4) is 0 Å². The molecule has 422 valence electrons. The smallest absolute Gasteiger partial charge is 0.335 e. The SMILES string of the molecule is CC/C=C\C/C=C\C/C=C\CCCCCCCCCC(=O)OCC(COC1OC(C(=O)O)C(O)C(O)C1OC(=O)CCCCCCCCCCCCC)OC(=O)CCCCCCC/C=C\CCCCCCCC. The molecule has 0 aromatic heterocycles. The largest absolute Gasteiger partial charge is 0.479 e. The van der Waals surface area contributed by atoms with Gasteiger partial charge in [-0.15, -0.1) is 0 Å². The molecule has 0 aromatic carbocycles. The molecular weight excluding hydrogens is 925 g/mol. The molecule has 0 aromatic rings. The molecule has 0 saturated carbocycles. The molecule has 1 heterocycles. The van der Waals surface area contributed by atoms with E-state index in [4.69, 9.17) is 23.7 Å². The van der Waals surface area contributed by atoms with Crippen molar-refractivity contribution in [3.63, 3.8) is 0 Å². The van der Waals surface area contributed by atoms with E-state index in [2.05, 4.69) is 69.4 Å². The molecule has 6 unspecified atom stereocenters. The van der Waals surface area contributed by atoms with E-state index >= 15 is 0 Å². The zero-order valence-electron chi connectivity index (χ0n) is 46.4. The van der Waals surface area contributed by atoms with E-state index in [1.54, 1.807) is 0 Å². The summed E-state index contributed by atoms with van der Waals surface area (Å²) in [4.78, 5) is 51.1. The average molecular weight is 1030 g/mol. The molecule has 0 bridgehead atoms. The van der Waals surface area contributed by atoms with Gasteiger partial charge in [-0.05, 0) is 77.0 Å². The molecule has 12 heteroatoms. The molecule has 0 amide bonds. The Kier molecular flexibility index (Phi) is 45.9. The van der Waals surface area contributed by atoms with Gasteiger partial charge in [-0.1, -0.05) is 217 Å². The highest BCUT2D eigenvalue weighted by Crippen LogP contribution is 2.26. The van der Waals surface area contributed by atoms with Crippen molar-refractivity contribution in [1.29, 1.82) is 0 Å². The highest BCUT2D eigenvalue weighted by atomic mass is 16.7. The van der Waals surface area contributed by atoms with E-state index in [1.165, 1.54) is 89.9 Å². The van der Waals surface area contributed by atoms with Crippen LogP contribution >= 0.6 is 0 Å². The van der Waals surface area contributed by atoms with E-state index in [0.29, 0.717) is 19.3 Å². The van der Waals surface area contributed by atoms with Crippen molar-refractivity contribution in [3.05, 3.63) is 48.6 Å². The number of carboxylic acids is 1. The second kappa shape index (κ2) is 49.6. The summed E-state index contributed by atoms with van der Waals surface area (Å²) < 4.78 is 28.4. The zero-order chi connectivity index (χ0) is 53.3. The Balaban J connectivity index is 2.69. The van der Waals surface area contributed by atoms with Gasteiger partial charge in [0, 0.05) is 19.3 Å². The Hall–Kier alpha value is -3.32. The van der Waals surface area contributed by atoms with Gasteiger partial charge in [-0.2, -0.15) is 0 Å². The molecule has 1 aliphatic rings. The molecule has 1 rings (SSSR count). The van der Waals surface area contributed by atoms with Crippen LogP contribution in [0.25, 0.3) is 0 Å². The van der Waals surface area contributed by atoms with Crippen molar-refractivity contribution < 1.29 is 58.2 Å². The first kappa shape index (κ1) is 67.7. The lowest BCUT2D eigenvalue weighted by Crippen LogP contribution is -2.61. The third-order valence-corrected chi connectivity index (χ3v) is 13.4.